The first kappa shape index (κ1) is 19.9. The molecule has 0 saturated heterocycles. The number of hydrogen-bond donors (Lipinski definition) is 0. The van der Waals surface area contributed by atoms with E-state index < -0.39 is 0 Å². The summed E-state index contributed by atoms with van der Waals surface area (Å²) in [6, 6.07) is 18.6. The summed E-state index contributed by atoms with van der Waals surface area (Å²) in [5, 5.41) is 8.95. The summed E-state index contributed by atoms with van der Waals surface area (Å²) in [5.41, 5.74) is 6.39. The first-order chi connectivity index (χ1) is 14.2. The second-order valence-electron chi connectivity index (χ2n) is 7.21. The molecule has 2 aromatic heterocycles. The van der Waals surface area contributed by atoms with E-state index >= 15 is 0 Å². The lowest BCUT2D eigenvalue weighted by atomic mass is 10.1. The van der Waals surface area contributed by atoms with Crippen molar-refractivity contribution in [3.8, 4) is 22.7 Å². The standard InChI is InChI=1S/C23H21N5O.ClH/c1-16-12-28(15-24-16)21-9-7-17(11-22(21)29-2)20-8-10-23(26-25-20)27-13-18-5-3-4-6-19(18)14-27;/h3-12,15H,13-14H2,1-2H3;1H. The van der Waals surface area contributed by atoms with E-state index in [0.29, 0.717) is 0 Å². The molecule has 0 fully saturated rings. The van der Waals surface area contributed by atoms with Gasteiger partial charge >= 0.3 is 0 Å². The molecule has 3 heterocycles. The number of nitrogens with zero attached hydrogens (tertiary/aromatic N) is 5. The number of benzene rings is 2. The Labute approximate surface area is 181 Å². The normalized spacial score (nSPS) is 12.4. The molecule has 0 bridgehead atoms. The highest BCUT2D eigenvalue weighted by molar-refractivity contribution is 5.85. The van der Waals surface area contributed by atoms with Crippen molar-refractivity contribution in [3.05, 3.63) is 83.9 Å². The topological polar surface area (TPSA) is 56.1 Å². The van der Waals surface area contributed by atoms with E-state index in [2.05, 4.69) is 44.3 Å². The molecule has 30 heavy (non-hydrogen) atoms. The van der Waals surface area contributed by atoms with Crippen LogP contribution in [0.25, 0.3) is 16.9 Å². The van der Waals surface area contributed by atoms with Gasteiger partial charge in [0.05, 0.1) is 30.5 Å². The average molecular weight is 420 g/mol. The maximum atomic E-state index is 5.61. The molecule has 0 unspecified atom stereocenters. The second-order valence-corrected chi connectivity index (χ2v) is 7.21. The zero-order valence-corrected chi connectivity index (χ0v) is 17.6. The van der Waals surface area contributed by atoms with Crippen LogP contribution in [0.5, 0.6) is 5.75 Å². The molecule has 0 saturated carbocycles. The molecule has 0 aliphatic carbocycles. The molecule has 5 rings (SSSR count). The molecule has 0 N–H and O–H groups in total. The Bertz CT molecular complexity index is 1150. The van der Waals surface area contributed by atoms with Crippen LogP contribution < -0.4 is 9.64 Å². The van der Waals surface area contributed by atoms with Crippen molar-refractivity contribution in [2.24, 2.45) is 0 Å². The van der Waals surface area contributed by atoms with Crippen LogP contribution in [0.4, 0.5) is 5.82 Å². The first-order valence-corrected chi connectivity index (χ1v) is 9.56. The van der Waals surface area contributed by atoms with Crippen LogP contribution in [0, 0.1) is 6.92 Å². The number of rotatable bonds is 4. The summed E-state index contributed by atoms with van der Waals surface area (Å²) < 4.78 is 7.56. The Hall–Kier alpha value is -3.38. The summed E-state index contributed by atoms with van der Waals surface area (Å²) in [4.78, 5) is 6.53. The van der Waals surface area contributed by atoms with Gasteiger partial charge in [-0.3, -0.25) is 0 Å². The minimum atomic E-state index is 0. The Kier molecular flexibility index (Phi) is 5.42. The molecule has 7 heteroatoms. The summed E-state index contributed by atoms with van der Waals surface area (Å²) in [6.45, 7) is 3.71. The Balaban J connectivity index is 0.00000218. The quantitative estimate of drug-likeness (QED) is 0.484. The zero-order valence-electron chi connectivity index (χ0n) is 16.8. The van der Waals surface area contributed by atoms with E-state index in [4.69, 9.17) is 4.74 Å². The van der Waals surface area contributed by atoms with Crippen molar-refractivity contribution in [1.82, 2.24) is 19.7 Å². The SMILES string of the molecule is COc1cc(-c2ccc(N3Cc4ccccc4C3)nn2)ccc1-n1cnc(C)c1.Cl. The van der Waals surface area contributed by atoms with Gasteiger partial charge in [-0.25, -0.2) is 4.98 Å². The predicted octanol–water partition coefficient (Wildman–Crippen LogP) is 4.59. The molecular weight excluding hydrogens is 398 g/mol. The van der Waals surface area contributed by atoms with E-state index in [1.807, 2.05) is 48.0 Å². The summed E-state index contributed by atoms with van der Waals surface area (Å²) in [7, 11) is 1.67. The number of aromatic nitrogens is 4. The highest BCUT2D eigenvalue weighted by atomic mass is 35.5. The monoisotopic (exact) mass is 419 g/mol. The fourth-order valence-corrected chi connectivity index (χ4v) is 3.75. The maximum Gasteiger partial charge on any atom is 0.151 e. The van der Waals surface area contributed by atoms with Crippen molar-refractivity contribution in [2.45, 2.75) is 20.0 Å². The third-order valence-electron chi connectivity index (χ3n) is 5.28. The molecule has 152 valence electrons. The molecule has 2 aromatic carbocycles. The number of anilines is 1. The van der Waals surface area contributed by atoms with Gasteiger partial charge in [0.2, 0.25) is 0 Å². The molecular formula is C23H22ClN5O. The lowest BCUT2D eigenvalue weighted by Crippen LogP contribution is -2.16. The fourth-order valence-electron chi connectivity index (χ4n) is 3.75. The van der Waals surface area contributed by atoms with Crippen LogP contribution in [0.2, 0.25) is 0 Å². The minimum absolute atomic E-state index is 0. The Morgan fingerprint density at radius 3 is 2.30 bits per heavy atom. The van der Waals surface area contributed by atoms with Gasteiger partial charge in [-0.1, -0.05) is 30.3 Å². The number of ether oxygens (including phenoxy) is 1. The lowest BCUT2D eigenvalue weighted by Gasteiger charge is -2.16. The van der Waals surface area contributed by atoms with Gasteiger partial charge < -0.3 is 14.2 Å². The fraction of sp³-hybridized carbons (Fsp3) is 0.174. The molecule has 4 aromatic rings. The lowest BCUT2D eigenvalue weighted by molar-refractivity contribution is 0.413. The summed E-state index contributed by atoms with van der Waals surface area (Å²) in [5.74, 6) is 1.66. The van der Waals surface area contributed by atoms with Gasteiger partial charge in [0.25, 0.3) is 0 Å². The smallest absolute Gasteiger partial charge is 0.151 e. The van der Waals surface area contributed by atoms with E-state index in [0.717, 1.165) is 47.3 Å². The molecule has 0 atom stereocenters. The number of aryl methyl sites for hydroxylation is 1. The third-order valence-corrected chi connectivity index (χ3v) is 5.28. The van der Waals surface area contributed by atoms with Crippen molar-refractivity contribution in [1.29, 1.82) is 0 Å². The number of hydrogen-bond acceptors (Lipinski definition) is 5. The zero-order chi connectivity index (χ0) is 19.8. The van der Waals surface area contributed by atoms with Crippen molar-refractivity contribution in [2.75, 3.05) is 12.0 Å². The molecule has 1 aliphatic rings. The third kappa shape index (κ3) is 3.62. The molecule has 6 nitrogen and oxygen atoms in total. The van der Waals surface area contributed by atoms with Crippen LogP contribution >= 0.6 is 12.4 Å². The summed E-state index contributed by atoms with van der Waals surface area (Å²) in [6.07, 6.45) is 3.76. The van der Waals surface area contributed by atoms with Crippen LogP contribution in [-0.2, 0) is 13.1 Å². The molecule has 0 radical (unpaired) electrons. The van der Waals surface area contributed by atoms with Gasteiger partial charge in [-0.2, -0.15) is 0 Å². The highest BCUT2D eigenvalue weighted by Crippen LogP contribution is 2.30. The molecule has 1 aliphatic heterocycles. The van der Waals surface area contributed by atoms with Gasteiger partial charge in [0, 0.05) is 24.8 Å². The second kappa shape index (κ2) is 8.16. The number of fused-ring (bicyclic) bond motifs is 1. The summed E-state index contributed by atoms with van der Waals surface area (Å²) >= 11 is 0. The number of halogens is 1. The van der Waals surface area contributed by atoms with Crippen LogP contribution in [0.3, 0.4) is 0 Å². The van der Waals surface area contributed by atoms with Crippen LogP contribution in [0.1, 0.15) is 16.8 Å². The van der Waals surface area contributed by atoms with Gasteiger partial charge in [-0.15, -0.1) is 22.6 Å². The Morgan fingerprint density at radius 1 is 0.933 bits per heavy atom. The average Bonchev–Trinajstić information content (AvgIpc) is 3.39. The van der Waals surface area contributed by atoms with Crippen LogP contribution in [0.15, 0.2) is 67.1 Å². The van der Waals surface area contributed by atoms with Crippen molar-refractivity contribution < 1.29 is 4.74 Å². The van der Waals surface area contributed by atoms with Gasteiger partial charge in [0.15, 0.2) is 5.82 Å². The number of methoxy groups -OCH3 is 1. The minimum Gasteiger partial charge on any atom is -0.495 e. The number of imidazole rings is 1. The Morgan fingerprint density at radius 2 is 1.70 bits per heavy atom. The van der Waals surface area contributed by atoms with Gasteiger partial charge in [-0.05, 0) is 42.3 Å². The van der Waals surface area contributed by atoms with Gasteiger partial charge in [0.1, 0.15) is 5.75 Å². The van der Waals surface area contributed by atoms with E-state index in [-0.39, 0.29) is 12.4 Å². The molecule has 0 amide bonds. The van der Waals surface area contributed by atoms with Crippen molar-refractivity contribution >= 4 is 18.2 Å². The molecule has 0 spiro atoms. The van der Waals surface area contributed by atoms with Crippen LogP contribution in [-0.4, -0.2) is 26.9 Å². The maximum absolute atomic E-state index is 5.61. The van der Waals surface area contributed by atoms with E-state index in [9.17, 15) is 0 Å². The van der Waals surface area contributed by atoms with E-state index in [1.165, 1.54) is 11.1 Å². The largest absolute Gasteiger partial charge is 0.495 e. The van der Waals surface area contributed by atoms with E-state index in [1.54, 1.807) is 13.4 Å². The van der Waals surface area contributed by atoms with Crippen molar-refractivity contribution in [3.63, 3.8) is 0 Å². The highest BCUT2D eigenvalue weighted by Gasteiger charge is 2.20. The predicted molar refractivity (Wildman–Crippen MR) is 119 cm³/mol. The first-order valence-electron chi connectivity index (χ1n) is 9.56.